The Morgan fingerprint density at radius 1 is 1.33 bits per heavy atom. The van der Waals surface area contributed by atoms with Gasteiger partial charge in [0.05, 0.1) is 0 Å². The molecule has 5 heteroatoms. The molecule has 0 fully saturated rings. The third-order valence-corrected chi connectivity index (χ3v) is 2.89. The second kappa shape index (κ2) is 5.42. The Morgan fingerprint density at radius 3 is 2.67 bits per heavy atom. The molecule has 0 aliphatic rings. The van der Waals surface area contributed by atoms with Crippen LogP contribution in [0.3, 0.4) is 0 Å². The van der Waals surface area contributed by atoms with Crippen LogP contribution in [0.4, 0.5) is 4.39 Å². The summed E-state index contributed by atoms with van der Waals surface area (Å²) in [6, 6.07) is 4.05. The maximum absolute atomic E-state index is 13.1. The SMILES string of the molecule is Cc1cnc(C(O)Cc2cc(F)ccc2Cl)nc1. The van der Waals surface area contributed by atoms with Crippen LogP contribution in [0, 0.1) is 12.7 Å². The van der Waals surface area contributed by atoms with E-state index in [9.17, 15) is 9.50 Å². The molecule has 1 aromatic heterocycles. The summed E-state index contributed by atoms with van der Waals surface area (Å²) in [5.41, 5.74) is 1.45. The Morgan fingerprint density at radius 2 is 2.00 bits per heavy atom. The summed E-state index contributed by atoms with van der Waals surface area (Å²) in [4.78, 5) is 8.06. The fourth-order valence-corrected chi connectivity index (χ4v) is 1.77. The summed E-state index contributed by atoms with van der Waals surface area (Å²) in [6.07, 6.45) is 2.53. The van der Waals surface area contributed by atoms with Gasteiger partial charge in [0.1, 0.15) is 11.9 Å². The molecule has 0 radical (unpaired) electrons. The van der Waals surface area contributed by atoms with Gasteiger partial charge in [0.25, 0.3) is 0 Å². The first-order valence-electron chi connectivity index (χ1n) is 5.47. The first kappa shape index (κ1) is 12.9. The zero-order valence-corrected chi connectivity index (χ0v) is 10.5. The predicted molar refractivity (Wildman–Crippen MR) is 66.8 cm³/mol. The lowest BCUT2D eigenvalue weighted by molar-refractivity contribution is 0.168. The normalized spacial score (nSPS) is 12.4. The molecule has 1 unspecified atom stereocenters. The summed E-state index contributed by atoms with van der Waals surface area (Å²) in [5.74, 6) is -0.0765. The van der Waals surface area contributed by atoms with Crippen LogP contribution in [0.15, 0.2) is 30.6 Å². The van der Waals surface area contributed by atoms with E-state index < -0.39 is 6.10 Å². The minimum Gasteiger partial charge on any atom is -0.385 e. The quantitative estimate of drug-likeness (QED) is 0.929. The molecule has 3 nitrogen and oxygen atoms in total. The van der Waals surface area contributed by atoms with Crippen molar-refractivity contribution in [3.8, 4) is 0 Å². The molecule has 1 heterocycles. The smallest absolute Gasteiger partial charge is 0.157 e. The van der Waals surface area contributed by atoms with Crippen molar-refractivity contribution in [1.82, 2.24) is 9.97 Å². The molecule has 0 saturated heterocycles. The highest BCUT2D eigenvalue weighted by Gasteiger charge is 2.14. The number of hydrogen-bond donors (Lipinski definition) is 1. The molecule has 0 aliphatic heterocycles. The molecule has 0 bridgehead atoms. The van der Waals surface area contributed by atoms with Crippen LogP contribution in [-0.2, 0) is 6.42 Å². The van der Waals surface area contributed by atoms with Crippen molar-refractivity contribution in [2.24, 2.45) is 0 Å². The highest BCUT2D eigenvalue weighted by atomic mass is 35.5. The number of aliphatic hydroxyl groups is 1. The second-order valence-corrected chi connectivity index (χ2v) is 4.48. The third-order valence-electron chi connectivity index (χ3n) is 2.52. The summed E-state index contributed by atoms with van der Waals surface area (Å²) in [6.45, 7) is 1.86. The van der Waals surface area contributed by atoms with E-state index in [1.807, 2.05) is 6.92 Å². The molecule has 0 spiro atoms. The second-order valence-electron chi connectivity index (χ2n) is 4.07. The van der Waals surface area contributed by atoms with Gasteiger partial charge in [-0.05, 0) is 36.2 Å². The van der Waals surface area contributed by atoms with E-state index in [1.165, 1.54) is 18.2 Å². The Hall–Kier alpha value is -1.52. The summed E-state index contributed by atoms with van der Waals surface area (Å²) in [7, 11) is 0. The standard InChI is InChI=1S/C13H12ClFN2O/c1-8-6-16-13(17-7-8)12(18)5-9-4-10(15)2-3-11(9)14/h2-4,6-7,12,18H,5H2,1H3. The number of benzene rings is 1. The lowest BCUT2D eigenvalue weighted by atomic mass is 10.1. The van der Waals surface area contributed by atoms with Gasteiger partial charge in [-0.25, -0.2) is 14.4 Å². The first-order chi connectivity index (χ1) is 8.56. The van der Waals surface area contributed by atoms with Crippen LogP contribution in [0.2, 0.25) is 5.02 Å². The summed E-state index contributed by atoms with van der Waals surface area (Å²) >= 11 is 5.93. The summed E-state index contributed by atoms with van der Waals surface area (Å²) < 4.78 is 13.1. The number of rotatable bonds is 3. The fourth-order valence-electron chi connectivity index (χ4n) is 1.57. The van der Waals surface area contributed by atoms with Gasteiger partial charge >= 0.3 is 0 Å². The van der Waals surface area contributed by atoms with Crippen LogP contribution in [0.25, 0.3) is 0 Å². The number of hydrogen-bond acceptors (Lipinski definition) is 3. The Kier molecular flexibility index (Phi) is 3.89. The fraction of sp³-hybridized carbons (Fsp3) is 0.231. The molecular formula is C13H12ClFN2O. The van der Waals surface area contributed by atoms with E-state index in [0.29, 0.717) is 16.4 Å². The van der Waals surface area contributed by atoms with Gasteiger partial charge in [-0.1, -0.05) is 11.6 Å². The molecule has 94 valence electrons. The molecule has 2 rings (SSSR count). The number of halogens is 2. The van der Waals surface area contributed by atoms with Gasteiger partial charge in [0.2, 0.25) is 0 Å². The average molecular weight is 267 g/mol. The van der Waals surface area contributed by atoms with Gasteiger partial charge < -0.3 is 5.11 Å². The zero-order valence-electron chi connectivity index (χ0n) is 9.77. The van der Waals surface area contributed by atoms with Gasteiger partial charge in [-0.15, -0.1) is 0 Å². The van der Waals surface area contributed by atoms with Crippen LogP contribution in [0.5, 0.6) is 0 Å². The van der Waals surface area contributed by atoms with Crippen LogP contribution >= 0.6 is 11.6 Å². The van der Waals surface area contributed by atoms with Crippen molar-refractivity contribution in [3.63, 3.8) is 0 Å². The van der Waals surface area contributed by atoms with Crippen molar-refractivity contribution < 1.29 is 9.50 Å². The molecule has 2 aromatic rings. The van der Waals surface area contributed by atoms with E-state index >= 15 is 0 Å². The highest BCUT2D eigenvalue weighted by Crippen LogP contribution is 2.22. The van der Waals surface area contributed by atoms with Crippen molar-refractivity contribution in [2.45, 2.75) is 19.4 Å². The van der Waals surface area contributed by atoms with Crippen molar-refractivity contribution >= 4 is 11.6 Å². The van der Waals surface area contributed by atoms with Gasteiger partial charge in [0, 0.05) is 23.8 Å². The van der Waals surface area contributed by atoms with E-state index in [2.05, 4.69) is 9.97 Å². The van der Waals surface area contributed by atoms with E-state index in [-0.39, 0.29) is 12.2 Å². The van der Waals surface area contributed by atoms with Crippen LogP contribution < -0.4 is 0 Å². The van der Waals surface area contributed by atoms with Crippen LogP contribution in [-0.4, -0.2) is 15.1 Å². The molecule has 1 aromatic carbocycles. The topological polar surface area (TPSA) is 46.0 Å². The van der Waals surface area contributed by atoms with Gasteiger partial charge in [-0.2, -0.15) is 0 Å². The highest BCUT2D eigenvalue weighted by molar-refractivity contribution is 6.31. The minimum absolute atomic E-state index is 0.180. The maximum atomic E-state index is 13.1. The maximum Gasteiger partial charge on any atom is 0.157 e. The van der Waals surface area contributed by atoms with Crippen molar-refractivity contribution in [2.75, 3.05) is 0 Å². The van der Waals surface area contributed by atoms with E-state index in [0.717, 1.165) is 5.56 Å². The minimum atomic E-state index is -0.898. The molecule has 18 heavy (non-hydrogen) atoms. The lowest BCUT2D eigenvalue weighted by Gasteiger charge is -2.10. The first-order valence-corrected chi connectivity index (χ1v) is 5.84. The summed E-state index contributed by atoms with van der Waals surface area (Å²) in [5, 5.41) is 10.4. The number of aromatic nitrogens is 2. The number of nitrogens with zero attached hydrogens (tertiary/aromatic N) is 2. The van der Waals surface area contributed by atoms with Crippen molar-refractivity contribution in [1.29, 1.82) is 0 Å². The largest absolute Gasteiger partial charge is 0.385 e. The number of aliphatic hydroxyl groups excluding tert-OH is 1. The Bertz CT molecular complexity index is 545. The lowest BCUT2D eigenvalue weighted by Crippen LogP contribution is -2.07. The molecule has 1 N–H and O–H groups in total. The van der Waals surface area contributed by atoms with Crippen LogP contribution in [0.1, 0.15) is 23.1 Å². The molecule has 1 atom stereocenters. The number of aryl methyl sites for hydroxylation is 1. The monoisotopic (exact) mass is 266 g/mol. The molecular weight excluding hydrogens is 255 g/mol. The predicted octanol–water partition coefficient (Wildman–Crippen LogP) is 2.85. The zero-order chi connectivity index (χ0) is 13.1. The average Bonchev–Trinajstić information content (AvgIpc) is 2.34. The van der Waals surface area contributed by atoms with E-state index in [1.54, 1.807) is 12.4 Å². The van der Waals surface area contributed by atoms with Crippen molar-refractivity contribution in [3.05, 3.63) is 58.4 Å². The Labute approximate surface area is 109 Å². The molecule has 0 amide bonds. The third kappa shape index (κ3) is 3.03. The Balaban J connectivity index is 2.18. The molecule has 0 saturated carbocycles. The van der Waals surface area contributed by atoms with E-state index in [4.69, 9.17) is 11.6 Å². The molecule has 0 aliphatic carbocycles. The van der Waals surface area contributed by atoms with Gasteiger partial charge in [0.15, 0.2) is 5.82 Å². The van der Waals surface area contributed by atoms with Gasteiger partial charge in [-0.3, -0.25) is 0 Å².